The summed E-state index contributed by atoms with van der Waals surface area (Å²) in [4.78, 5) is 12.2. The number of hydrogen-bond donors (Lipinski definition) is 1. The van der Waals surface area contributed by atoms with E-state index in [2.05, 4.69) is 5.32 Å². The first-order chi connectivity index (χ1) is 14.1. The molecule has 0 saturated heterocycles. The number of nitrogens with one attached hydrogen (secondary N) is 1. The van der Waals surface area contributed by atoms with Crippen LogP contribution in [0.1, 0.15) is 11.1 Å². The first-order valence-corrected chi connectivity index (χ1v) is 9.13. The number of aryl methyl sites for hydroxylation is 1. The van der Waals surface area contributed by atoms with Crippen LogP contribution in [0.4, 0.5) is 5.69 Å². The first kappa shape index (κ1) is 20.0. The van der Waals surface area contributed by atoms with Crippen LogP contribution in [-0.4, -0.2) is 20.1 Å². The van der Waals surface area contributed by atoms with Gasteiger partial charge >= 0.3 is 0 Å². The molecule has 5 nitrogen and oxygen atoms in total. The Morgan fingerprint density at radius 1 is 0.862 bits per heavy atom. The van der Waals surface area contributed by atoms with Crippen molar-refractivity contribution in [2.45, 2.75) is 6.92 Å². The van der Waals surface area contributed by atoms with Crippen molar-refractivity contribution in [2.75, 3.05) is 19.5 Å². The molecule has 0 aliphatic heterocycles. The summed E-state index contributed by atoms with van der Waals surface area (Å²) in [6, 6.07) is 20.5. The number of methoxy groups -OCH3 is 2. The Kier molecular flexibility index (Phi) is 6.53. The van der Waals surface area contributed by atoms with Crippen molar-refractivity contribution in [2.24, 2.45) is 0 Å². The number of rotatable bonds is 7. The molecular formula is C24H23NO4. The number of hydrogen-bond acceptors (Lipinski definition) is 4. The SMILES string of the molecule is COc1ccc(C=CC(=O)Nc2ccc(Oc3cccc(C)c3)cc2)cc1OC. The van der Waals surface area contributed by atoms with Crippen LogP contribution in [0.25, 0.3) is 6.08 Å². The normalized spacial score (nSPS) is 10.6. The Hall–Kier alpha value is -3.73. The molecular weight excluding hydrogens is 366 g/mol. The Labute approximate surface area is 170 Å². The molecule has 1 amide bonds. The minimum absolute atomic E-state index is 0.230. The third kappa shape index (κ3) is 5.62. The van der Waals surface area contributed by atoms with Crippen LogP contribution in [0, 0.1) is 6.92 Å². The summed E-state index contributed by atoms with van der Waals surface area (Å²) in [7, 11) is 3.16. The Bertz CT molecular complexity index is 1010. The van der Waals surface area contributed by atoms with Gasteiger partial charge in [0.15, 0.2) is 11.5 Å². The van der Waals surface area contributed by atoms with Crippen LogP contribution < -0.4 is 19.5 Å². The van der Waals surface area contributed by atoms with E-state index in [9.17, 15) is 4.79 Å². The minimum atomic E-state index is -0.230. The van der Waals surface area contributed by atoms with Crippen LogP contribution in [-0.2, 0) is 4.79 Å². The predicted octanol–water partition coefficient (Wildman–Crippen LogP) is 5.46. The van der Waals surface area contributed by atoms with Gasteiger partial charge in [0.1, 0.15) is 11.5 Å². The molecule has 0 bridgehead atoms. The lowest BCUT2D eigenvalue weighted by Crippen LogP contribution is -2.07. The number of amides is 1. The highest BCUT2D eigenvalue weighted by atomic mass is 16.5. The maximum Gasteiger partial charge on any atom is 0.248 e. The highest BCUT2D eigenvalue weighted by Gasteiger charge is 2.04. The molecule has 3 rings (SSSR count). The lowest BCUT2D eigenvalue weighted by molar-refractivity contribution is -0.111. The summed E-state index contributed by atoms with van der Waals surface area (Å²) < 4.78 is 16.3. The van der Waals surface area contributed by atoms with E-state index >= 15 is 0 Å². The van der Waals surface area contributed by atoms with Gasteiger partial charge in [0.2, 0.25) is 5.91 Å². The van der Waals surface area contributed by atoms with Crippen molar-refractivity contribution in [1.82, 2.24) is 0 Å². The summed E-state index contributed by atoms with van der Waals surface area (Å²) >= 11 is 0. The quantitative estimate of drug-likeness (QED) is 0.546. The zero-order valence-corrected chi connectivity index (χ0v) is 16.6. The average Bonchev–Trinajstić information content (AvgIpc) is 2.73. The van der Waals surface area contributed by atoms with E-state index in [1.807, 2.05) is 49.4 Å². The molecule has 148 valence electrons. The van der Waals surface area contributed by atoms with Crippen molar-refractivity contribution in [3.63, 3.8) is 0 Å². The van der Waals surface area contributed by atoms with Crippen molar-refractivity contribution in [3.8, 4) is 23.0 Å². The molecule has 0 unspecified atom stereocenters. The van der Waals surface area contributed by atoms with Crippen molar-refractivity contribution in [3.05, 3.63) is 83.9 Å². The van der Waals surface area contributed by atoms with Gasteiger partial charge in [-0.25, -0.2) is 0 Å². The second-order valence-electron chi connectivity index (χ2n) is 6.38. The summed E-state index contributed by atoms with van der Waals surface area (Å²) in [5, 5.41) is 2.83. The molecule has 0 fully saturated rings. The number of carbonyl (C=O) groups is 1. The van der Waals surface area contributed by atoms with Gasteiger partial charge < -0.3 is 19.5 Å². The van der Waals surface area contributed by atoms with E-state index < -0.39 is 0 Å². The lowest BCUT2D eigenvalue weighted by Gasteiger charge is -2.08. The second kappa shape index (κ2) is 9.46. The van der Waals surface area contributed by atoms with Gasteiger partial charge in [0.05, 0.1) is 14.2 Å². The van der Waals surface area contributed by atoms with E-state index in [1.54, 1.807) is 44.6 Å². The smallest absolute Gasteiger partial charge is 0.248 e. The molecule has 3 aromatic carbocycles. The Balaban J connectivity index is 1.60. The molecule has 0 aliphatic carbocycles. The fourth-order valence-corrected chi connectivity index (χ4v) is 2.73. The van der Waals surface area contributed by atoms with Crippen LogP contribution in [0.5, 0.6) is 23.0 Å². The van der Waals surface area contributed by atoms with Crippen LogP contribution in [0.2, 0.25) is 0 Å². The topological polar surface area (TPSA) is 56.8 Å². The predicted molar refractivity (Wildman–Crippen MR) is 115 cm³/mol. The molecule has 0 aromatic heterocycles. The molecule has 0 heterocycles. The van der Waals surface area contributed by atoms with Gasteiger partial charge in [0.25, 0.3) is 0 Å². The maximum atomic E-state index is 12.2. The van der Waals surface area contributed by atoms with Gasteiger partial charge in [0, 0.05) is 11.8 Å². The minimum Gasteiger partial charge on any atom is -0.493 e. The summed E-state index contributed by atoms with van der Waals surface area (Å²) in [6.07, 6.45) is 3.19. The van der Waals surface area contributed by atoms with Gasteiger partial charge in [-0.05, 0) is 72.7 Å². The van der Waals surface area contributed by atoms with Crippen molar-refractivity contribution in [1.29, 1.82) is 0 Å². The number of ether oxygens (including phenoxy) is 3. The molecule has 0 spiro atoms. The fraction of sp³-hybridized carbons (Fsp3) is 0.125. The third-order valence-corrected chi connectivity index (χ3v) is 4.18. The first-order valence-electron chi connectivity index (χ1n) is 9.13. The second-order valence-corrected chi connectivity index (χ2v) is 6.38. The monoisotopic (exact) mass is 389 g/mol. The fourth-order valence-electron chi connectivity index (χ4n) is 2.73. The van der Waals surface area contributed by atoms with Gasteiger partial charge in [-0.2, -0.15) is 0 Å². The van der Waals surface area contributed by atoms with Gasteiger partial charge in [-0.1, -0.05) is 18.2 Å². The number of benzene rings is 3. The largest absolute Gasteiger partial charge is 0.493 e. The van der Waals surface area contributed by atoms with Crippen LogP contribution in [0.3, 0.4) is 0 Å². The van der Waals surface area contributed by atoms with E-state index in [-0.39, 0.29) is 5.91 Å². The molecule has 0 aliphatic rings. The average molecular weight is 389 g/mol. The number of anilines is 1. The molecule has 29 heavy (non-hydrogen) atoms. The van der Waals surface area contributed by atoms with E-state index in [1.165, 1.54) is 6.08 Å². The number of carbonyl (C=O) groups excluding carboxylic acids is 1. The zero-order valence-electron chi connectivity index (χ0n) is 16.6. The van der Waals surface area contributed by atoms with Crippen LogP contribution >= 0.6 is 0 Å². The molecule has 0 radical (unpaired) electrons. The van der Waals surface area contributed by atoms with Crippen molar-refractivity contribution < 1.29 is 19.0 Å². The standard InChI is InChI=1S/C24H23NO4/c1-17-5-4-6-21(15-17)29-20-11-9-19(10-12-20)25-24(26)14-8-18-7-13-22(27-2)23(16-18)28-3/h4-16H,1-3H3,(H,25,26). The molecule has 0 saturated carbocycles. The van der Waals surface area contributed by atoms with Gasteiger partial charge in [-0.15, -0.1) is 0 Å². The van der Waals surface area contributed by atoms with E-state index in [0.717, 1.165) is 16.9 Å². The maximum absolute atomic E-state index is 12.2. The van der Waals surface area contributed by atoms with E-state index in [0.29, 0.717) is 22.9 Å². The zero-order chi connectivity index (χ0) is 20.6. The van der Waals surface area contributed by atoms with Crippen LogP contribution in [0.15, 0.2) is 72.8 Å². The highest BCUT2D eigenvalue weighted by molar-refractivity contribution is 6.02. The summed E-state index contributed by atoms with van der Waals surface area (Å²) in [6.45, 7) is 2.01. The Morgan fingerprint density at radius 3 is 2.31 bits per heavy atom. The molecule has 1 N–H and O–H groups in total. The molecule has 0 atom stereocenters. The molecule has 3 aromatic rings. The summed E-state index contributed by atoms with van der Waals surface area (Å²) in [5.41, 5.74) is 2.65. The van der Waals surface area contributed by atoms with Gasteiger partial charge in [-0.3, -0.25) is 4.79 Å². The Morgan fingerprint density at radius 2 is 1.62 bits per heavy atom. The molecule has 5 heteroatoms. The summed E-state index contributed by atoms with van der Waals surface area (Å²) in [5.74, 6) is 2.50. The highest BCUT2D eigenvalue weighted by Crippen LogP contribution is 2.28. The van der Waals surface area contributed by atoms with Crippen molar-refractivity contribution >= 4 is 17.7 Å². The third-order valence-electron chi connectivity index (χ3n) is 4.18. The lowest BCUT2D eigenvalue weighted by atomic mass is 10.2. The van der Waals surface area contributed by atoms with E-state index in [4.69, 9.17) is 14.2 Å².